The van der Waals surface area contributed by atoms with Crippen LogP contribution in [0.25, 0.3) is 0 Å². The Kier molecular flexibility index (Phi) is 3.53. The lowest BCUT2D eigenvalue weighted by atomic mass is 10.1. The molecule has 1 N–H and O–H groups in total. The third-order valence-corrected chi connectivity index (χ3v) is 3.31. The smallest absolute Gasteiger partial charge is 0.298 e. The Morgan fingerprint density at radius 2 is 2.11 bits per heavy atom. The molecule has 2 rings (SSSR count). The zero-order chi connectivity index (χ0) is 13.2. The molecule has 18 heavy (non-hydrogen) atoms. The molecule has 0 radical (unpaired) electrons. The van der Waals surface area contributed by atoms with E-state index in [0.29, 0.717) is 18.0 Å². The van der Waals surface area contributed by atoms with Crippen molar-refractivity contribution in [1.82, 2.24) is 15.2 Å². The third-order valence-electron chi connectivity index (χ3n) is 2.28. The van der Waals surface area contributed by atoms with E-state index >= 15 is 0 Å². The Bertz CT molecular complexity index is 654. The zero-order valence-corrected chi connectivity index (χ0v) is 11.0. The van der Waals surface area contributed by atoms with Crippen LogP contribution >= 0.6 is 10.7 Å². The van der Waals surface area contributed by atoms with Gasteiger partial charge in [-0.25, -0.2) is 13.4 Å². The van der Waals surface area contributed by atoms with E-state index in [4.69, 9.17) is 15.4 Å². The van der Waals surface area contributed by atoms with Crippen molar-refractivity contribution in [2.24, 2.45) is 0 Å². The first-order chi connectivity index (χ1) is 8.50. The molecule has 0 saturated carbocycles. The molecule has 0 atom stereocenters. The van der Waals surface area contributed by atoms with Gasteiger partial charge >= 0.3 is 0 Å². The van der Waals surface area contributed by atoms with Crippen LogP contribution in [-0.2, 0) is 15.5 Å². The van der Waals surface area contributed by atoms with Gasteiger partial charge in [-0.1, -0.05) is 18.2 Å². The maximum absolute atomic E-state index is 11.0. The van der Waals surface area contributed by atoms with Gasteiger partial charge in [0.15, 0.2) is 0 Å². The van der Waals surface area contributed by atoms with Gasteiger partial charge in [-0.2, -0.15) is 0 Å². The lowest BCUT2D eigenvalue weighted by Crippen LogP contribution is -1.96. The molecule has 0 aliphatic heterocycles. The van der Waals surface area contributed by atoms with Gasteiger partial charge in [-0.05, 0) is 6.07 Å². The van der Waals surface area contributed by atoms with Gasteiger partial charge in [0, 0.05) is 22.7 Å². The van der Waals surface area contributed by atoms with Crippen LogP contribution in [0, 0.1) is 0 Å². The molecule has 0 bridgehead atoms. The Morgan fingerprint density at radius 3 is 2.72 bits per heavy atom. The van der Waals surface area contributed by atoms with Gasteiger partial charge in [-0.15, -0.1) is 5.10 Å². The summed E-state index contributed by atoms with van der Waals surface area (Å²) in [7, 11) is 2.80. The summed E-state index contributed by atoms with van der Waals surface area (Å²) in [5.74, 6) is 1.10. The van der Waals surface area contributed by atoms with Gasteiger partial charge in [0.05, 0.1) is 7.11 Å². The van der Waals surface area contributed by atoms with Crippen molar-refractivity contribution in [3.8, 4) is 5.75 Å². The molecule has 8 heteroatoms. The van der Waals surface area contributed by atoms with E-state index < -0.39 is 14.2 Å². The summed E-state index contributed by atoms with van der Waals surface area (Å²) in [6, 6.07) is 7.37. The molecule has 96 valence electrons. The summed E-state index contributed by atoms with van der Waals surface area (Å²) in [5, 5.41) is 5.65. The second-order valence-corrected chi connectivity index (χ2v) is 5.95. The van der Waals surface area contributed by atoms with Crippen LogP contribution in [0.5, 0.6) is 5.75 Å². The summed E-state index contributed by atoms with van der Waals surface area (Å²) in [6.45, 7) is 0. The standard InChI is InChI=1S/C10H10ClN3O3S/c1-17-8-5-3-2-4-7(8)6-9-12-10(14-13-9)18(11,15)16/h2-5H,6H2,1H3,(H,12,13,14). The van der Waals surface area contributed by atoms with Crippen molar-refractivity contribution in [2.45, 2.75) is 11.6 Å². The average Bonchev–Trinajstić information content (AvgIpc) is 2.78. The monoisotopic (exact) mass is 287 g/mol. The van der Waals surface area contributed by atoms with Crippen molar-refractivity contribution in [3.05, 3.63) is 35.7 Å². The number of aromatic amines is 1. The topological polar surface area (TPSA) is 84.9 Å². The molecule has 1 heterocycles. The van der Waals surface area contributed by atoms with E-state index in [1.54, 1.807) is 7.11 Å². The van der Waals surface area contributed by atoms with Crippen molar-refractivity contribution in [1.29, 1.82) is 0 Å². The fourth-order valence-electron chi connectivity index (χ4n) is 1.50. The highest BCUT2D eigenvalue weighted by molar-refractivity contribution is 8.13. The summed E-state index contributed by atoms with van der Waals surface area (Å²) in [5.41, 5.74) is 0.870. The Hall–Kier alpha value is -1.60. The molecule has 2 aromatic rings. The zero-order valence-electron chi connectivity index (χ0n) is 9.42. The lowest BCUT2D eigenvalue weighted by Gasteiger charge is -2.05. The molecule has 0 saturated heterocycles. The fourth-order valence-corrected chi connectivity index (χ4v) is 2.08. The second kappa shape index (κ2) is 4.95. The highest BCUT2D eigenvalue weighted by Gasteiger charge is 2.17. The van der Waals surface area contributed by atoms with Crippen LogP contribution in [0.2, 0.25) is 0 Å². The van der Waals surface area contributed by atoms with Gasteiger partial charge in [-0.3, -0.25) is 5.10 Å². The maximum Gasteiger partial charge on any atom is 0.298 e. The van der Waals surface area contributed by atoms with Crippen molar-refractivity contribution >= 4 is 19.7 Å². The molecule has 0 amide bonds. The first-order valence-corrected chi connectivity index (χ1v) is 7.29. The van der Waals surface area contributed by atoms with Crippen LogP contribution in [0.4, 0.5) is 0 Å². The van der Waals surface area contributed by atoms with Gasteiger partial charge < -0.3 is 4.74 Å². The molecule has 6 nitrogen and oxygen atoms in total. The summed E-state index contributed by atoms with van der Waals surface area (Å²) in [6.07, 6.45) is 0.378. The predicted octanol–water partition coefficient (Wildman–Crippen LogP) is 1.33. The number of nitrogens with zero attached hydrogens (tertiary/aromatic N) is 2. The van der Waals surface area contributed by atoms with E-state index in [2.05, 4.69) is 15.2 Å². The molecule has 1 aromatic carbocycles. The summed E-state index contributed by atoms with van der Waals surface area (Å²) < 4.78 is 27.2. The van der Waals surface area contributed by atoms with Gasteiger partial charge in [0.1, 0.15) is 11.6 Å². The number of nitrogens with one attached hydrogen (secondary N) is 1. The Balaban J connectivity index is 2.27. The minimum atomic E-state index is -3.90. The van der Waals surface area contributed by atoms with Gasteiger partial charge in [0.2, 0.25) is 0 Å². The van der Waals surface area contributed by atoms with Crippen molar-refractivity contribution in [2.75, 3.05) is 7.11 Å². The Labute approximate surface area is 108 Å². The van der Waals surface area contributed by atoms with Crippen molar-refractivity contribution in [3.63, 3.8) is 0 Å². The number of halogens is 1. The molecule has 0 aliphatic carbocycles. The van der Waals surface area contributed by atoms with Crippen molar-refractivity contribution < 1.29 is 13.2 Å². The molecule has 0 aliphatic rings. The van der Waals surface area contributed by atoms with E-state index in [0.717, 1.165) is 5.56 Å². The average molecular weight is 288 g/mol. The number of rotatable bonds is 4. The summed E-state index contributed by atoms with van der Waals surface area (Å²) in [4.78, 5) is 3.81. The number of hydrogen-bond donors (Lipinski definition) is 1. The first-order valence-electron chi connectivity index (χ1n) is 4.98. The predicted molar refractivity (Wildman–Crippen MR) is 65.2 cm³/mol. The van der Waals surface area contributed by atoms with Crippen LogP contribution in [0.1, 0.15) is 11.4 Å². The quantitative estimate of drug-likeness (QED) is 0.858. The maximum atomic E-state index is 11.0. The fraction of sp³-hybridized carbons (Fsp3) is 0.200. The van der Waals surface area contributed by atoms with Crippen LogP contribution in [0.15, 0.2) is 29.4 Å². The number of ether oxygens (including phenoxy) is 1. The number of hydrogen-bond acceptors (Lipinski definition) is 5. The van der Waals surface area contributed by atoms with E-state index in [9.17, 15) is 8.42 Å². The lowest BCUT2D eigenvalue weighted by molar-refractivity contribution is 0.410. The van der Waals surface area contributed by atoms with Crippen LogP contribution < -0.4 is 4.74 Å². The SMILES string of the molecule is COc1ccccc1Cc1nc(S(=O)(=O)Cl)n[nH]1. The highest BCUT2D eigenvalue weighted by Crippen LogP contribution is 2.20. The van der Waals surface area contributed by atoms with Crippen LogP contribution in [0.3, 0.4) is 0 Å². The Morgan fingerprint density at radius 1 is 1.39 bits per heavy atom. The van der Waals surface area contributed by atoms with E-state index in [1.165, 1.54) is 0 Å². The first kappa shape index (κ1) is 12.8. The number of benzene rings is 1. The molecule has 1 aromatic heterocycles. The number of methoxy groups -OCH3 is 1. The van der Waals surface area contributed by atoms with Gasteiger partial charge in [0.25, 0.3) is 14.2 Å². The number of para-hydroxylation sites is 1. The minimum absolute atomic E-state index is 0.378. The van der Waals surface area contributed by atoms with Crippen LogP contribution in [-0.4, -0.2) is 30.7 Å². The largest absolute Gasteiger partial charge is 0.496 e. The third kappa shape index (κ3) is 2.80. The number of aromatic nitrogens is 3. The minimum Gasteiger partial charge on any atom is -0.496 e. The normalized spacial score (nSPS) is 11.4. The van der Waals surface area contributed by atoms with E-state index in [1.807, 2.05) is 24.3 Å². The molecule has 0 unspecified atom stereocenters. The molecule has 0 spiro atoms. The molecule has 0 fully saturated rings. The highest BCUT2D eigenvalue weighted by atomic mass is 35.7. The second-order valence-electron chi connectivity index (χ2n) is 3.49. The summed E-state index contributed by atoms with van der Waals surface area (Å²) >= 11 is 0. The molecular formula is C10H10ClN3O3S. The molecular weight excluding hydrogens is 278 g/mol. The van der Waals surface area contributed by atoms with E-state index in [-0.39, 0.29) is 0 Å². The number of H-pyrrole nitrogens is 1.